The lowest BCUT2D eigenvalue weighted by atomic mass is 10.0. The van der Waals surface area contributed by atoms with Gasteiger partial charge in [0, 0.05) is 19.3 Å². The van der Waals surface area contributed by atoms with Crippen molar-refractivity contribution in [1.29, 1.82) is 0 Å². The number of esters is 2. The second-order valence-corrected chi connectivity index (χ2v) is 17.4. The minimum absolute atomic E-state index is 0.0416. The third-order valence-electron chi connectivity index (χ3n) is 10.8. The Kier molecular flexibility index (Phi) is 39.0. The fourth-order valence-corrected chi connectivity index (χ4v) is 7.10. The largest absolute Gasteiger partial charge is 0.544 e. The van der Waals surface area contributed by atoms with E-state index in [4.69, 9.17) is 14.2 Å². The minimum atomic E-state index is -1.12. The zero-order chi connectivity index (χ0) is 42.1. The van der Waals surface area contributed by atoms with E-state index in [1.165, 1.54) is 135 Å². The highest BCUT2D eigenvalue weighted by Crippen LogP contribution is 2.15. The topological polar surface area (TPSA) is 102 Å². The molecule has 0 bridgehead atoms. The van der Waals surface area contributed by atoms with E-state index in [9.17, 15) is 19.5 Å². The Bertz CT molecular complexity index is 989. The Morgan fingerprint density at radius 1 is 0.526 bits per heavy atom. The summed E-state index contributed by atoms with van der Waals surface area (Å²) < 4.78 is 17.2. The first-order chi connectivity index (χ1) is 27.6. The highest BCUT2D eigenvalue weighted by molar-refractivity contribution is 5.70. The van der Waals surface area contributed by atoms with Crippen molar-refractivity contribution in [3.8, 4) is 0 Å². The minimum Gasteiger partial charge on any atom is -0.544 e. The molecule has 0 aromatic carbocycles. The van der Waals surface area contributed by atoms with E-state index in [0.717, 1.165) is 51.4 Å². The number of nitrogens with zero attached hydrogens (tertiary/aromatic N) is 1. The van der Waals surface area contributed by atoms with Gasteiger partial charge in [0.15, 0.2) is 6.10 Å². The molecular formula is C49H91NO7. The van der Waals surface area contributed by atoms with Crippen LogP contribution in [0.2, 0.25) is 0 Å². The van der Waals surface area contributed by atoms with Crippen LogP contribution >= 0.6 is 0 Å². The van der Waals surface area contributed by atoms with E-state index in [1.807, 2.05) is 0 Å². The normalized spacial score (nSPS) is 13.1. The maximum Gasteiger partial charge on any atom is 0.306 e. The Hall–Kier alpha value is -2.19. The van der Waals surface area contributed by atoms with Gasteiger partial charge in [0.25, 0.3) is 0 Å². The molecule has 2 atom stereocenters. The van der Waals surface area contributed by atoms with Crippen LogP contribution in [-0.2, 0) is 28.6 Å². The van der Waals surface area contributed by atoms with Crippen molar-refractivity contribution in [2.24, 2.45) is 0 Å². The predicted octanol–water partition coefficient (Wildman–Crippen LogP) is 11.9. The molecule has 0 spiro atoms. The van der Waals surface area contributed by atoms with Crippen molar-refractivity contribution in [3.05, 3.63) is 24.3 Å². The van der Waals surface area contributed by atoms with Crippen LogP contribution in [0.25, 0.3) is 0 Å². The number of hydrogen-bond donors (Lipinski definition) is 0. The number of carboxylic acid groups (broad SMARTS) is 1. The van der Waals surface area contributed by atoms with Gasteiger partial charge in [-0.2, -0.15) is 0 Å². The van der Waals surface area contributed by atoms with E-state index in [1.54, 1.807) is 21.1 Å². The summed E-state index contributed by atoms with van der Waals surface area (Å²) in [5.74, 6) is -1.73. The molecule has 0 saturated carbocycles. The number of carboxylic acids is 1. The summed E-state index contributed by atoms with van der Waals surface area (Å²) in [7, 11) is 5.41. The first kappa shape index (κ1) is 54.8. The standard InChI is InChI=1S/C49H91NO7/c1-6-8-10-12-14-16-18-20-22-23-24-26-28-30-32-34-36-38-40-48(52)57-45(43-55-42-41-46(49(53)54)50(3,4)5)44-56-47(51)39-37-35-33-31-29-27-25-21-19-17-15-13-11-9-7-2/h16,18,22-23,45-46H,6-15,17,19-21,24-44H2,1-5H3/b18-16-,23-22-. The molecule has 57 heavy (non-hydrogen) atoms. The molecule has 8 nitrogen and oxygen atoms in total. The van der Waals surface area contributed by atoms with Crippen molar-refractivity contribution in [3.63, 3.8) is 0 Å². The quantitative estimate of drug-likeness (QED) is 0.0262. The number of unbranched alkanes of at least 4 members (excludes halogenated alkanes) is 25. The van der Waals surface area contributed by atoms with Gasteiger partial charge in [0.1, 0.15) is 12.6 Å². The second kappa shape index (κ2) is 40.6. The van der Waals surface area contributed by atoms with E-state index >= 15 is 0 Å². The van der Waals surface area contributed by atoms with Crippen molar-refractivity contribution in [2.75, 3.05) is 41.0 Å². The van der Waals surface area contributed by atoms with E-state index in [0.29, 0.717) is 12.8 Å². The van der Waals surface area contributed by atoms with Gasteiger partial charge in [0.05, 0.1) is 40.3 Å². The second-order valence-electron chi connectivity index (χ2n) is 17.4. The predicted molar refractivity (Wildman–Crippen MR) is 236 cm³/mol. The molecule has 0 amide bonds. The van der Waals surface area contributed by atoms with Gasteiger partial charge < -0.3 is 28.6 Å². The van der Waals surface area contributed by atoms with Gasteiger partial charge >= 0.3 is 11.9 Å². The Labute approximate surface area is 351 Å². The van der Waals surface area contributed by atoms with Crippen molar-refractivity contribution in [2.45, 2.75) is 231 Å². The summed E-state index contributed by atoms with van der Waals surface area (Å²) in [4.78, 5) is 36.9. The number of ether oxygens (including phenoxy) is 3. The first-order valence-electron chi connectivity index (χ1n) is 23.9. The molecule has 0 aromatic rings. The molecule has 8 heteroatoms. The monoisotopic (exact) mass is 806 g/mol. The average molecular weight is 806 g/mol. The van der Waals surface area contributed by atoms with Crippen LogP contribution < -0.4 is 5.11 Å². The lowest BCUT2D eigenvalue weighted by molar-refractivity contribution is -0.889. The Morgan fingerprint density at radius 3 is 1.37 bits per heavy atom. The maximum atomic E-state index is 12.7. The van der Waals surface area contributed by atoms with E-state index in [2.05, 4.69) is 38.2 Å². The fourth-order valence-electron chi connectivity index (χ4n) is 7.10. The molecular weight excluding hydrogens is 715 g/mol. The molecule has 334 valence electrons. The van der Waals surface area contributed by atoms with Crippen LogP contribution in [0.3, 0.4) is 0 Å². The summed E-state index contributed by atoms with van der Waals surface area (Å²) >= 11 is 0. The summed E-state index contributed by atoms with van der Waals surface area (Å²) in [5.41, 5.74) is 0. The number of hydrogen-bond acceptors (Lipinski definition) is 7. The van der Waals surface area contributed by atoms with Crippen molar-refractivity contribution in [1.82, 2.24) is 0 Å². The molecule has 0 aliphatic rings. The molecule has 0 aromatic heterocycles. The number of aliphatic carboxylic acids is 1. The molecule has 0 aliphatic heterocycles. The third-order valence-corrected chi connectivity index (χ3v) is 10.8. The molecule has 0 heterocycles. The number of likely N-dealkylation sites (N-methyl/N-ethyl adjacent to an activating group) is 1. The fraction of sp³-hybridized carbons (Fsp3) is 0.857. The molecule has 0 radical (unpaired) electrons. The molecule has 2 unspecified atom stereocenters. The molecule has 0 aliphatic carbocycles. The SMILES string of the molecule is CCCCCC/C=C\C/C=C\CCCCCCCCCC(=O)OC(COCCC(C(=O)[O-])[N+](C)(C)C)COC(=O)CCCCCCCCCCCCCCCCC. The highest BCUT2D eigenvalue weighted by atomic mass is 16.6. The van der Waals surface area contributed by atoms with E-state index < -0.39 is 18.1 Å². The number of quaternary nitrogens is 1. The van der Waals surface area contributed by atoms with Crippen LogP contribution in [-0.4, -0.2) is 75.5 Å². The van der Waals surface area contributed by atoms with Gasteiger partial charge in [0.2, 0.25) is 0 Å². The van der Waals surface area contributed by atoms with Crippen molar-refractivity contribution < 1.29 is 38.2 Å². The number of rotatable bonds is 43. The number of carbonyl (C=O) groups is 3. The summed E-state index contributed by atoms with van der Waals surface area (Å²) in [5, 5.41) is 11.6. The van der Waals surface area contributed by atoms with E-state index in [-0.39, 0.29) is 42.7 Å². The van der Waals surface area contributed by atoms with Gasteiger partial charge in [-0.1, -0.05) is 179 Å². The van der Waals surface area contributed by atoms with Crippen LogP contribution in [0.4, 0.5) is 0 Å². The van der Waals surface area contributed by atoms with Gasteiger partial charge in [-0.15, -0.1) is 0 Å². The van der Waals surface area contributed by atoms with Gasteiger partial charge in [-0.3, -0.25) is 9.59 Å². The first-order valence-corrected chi connectivity index (χ1v) is 23.9. The van der Waals surface area contributed by atoms with Crippen LogP contribution in [0, 0.1) is 0 Å². The smallest absolute Gasteiger partial charge is 0.306 e. The van der Waals surface area contributed by atoms with Crippen LogP contribution in [0.15, 0.2) is 24.3 Å². The van der Waals surface area contributed by atoms with Gasteiger partial charge in [-0.05, 0) is 44.9 Å². The number of carbonyl (C=O) groups excluding carboxylic acids is 3. The number of allylic oxidation sites excluding steroid dienone is 4. The Morgan fingerprint density at radius 2 is 0.930 bits per heavy atom. The van der Waals surface area contributed by atoms with Gasteiger partial charge in [-0.25, -0.2) is 0 Å². The molecule has 0 saturated heterocycles. The summed E-state index contributed by atoms with van der Waals surface area (Å²) in [6.45, 7) is 4.66. The lowest BCUT2D eigenvalue weighted by Crippen LogP contribution is -2.55. The van der Waals surface area contributed by atoms with Crippen LogP contribution in [0.1, 0.15) is 219 Å². The third kappa shape index (κ3) is 39.1. The Balaban J connectivity index is 4.29. The lowest BCUT2D eigenvalue weighted by Gasteiger charge is -2.34. The zero-order valence-corrected chi connectivity index (χ0v) is 38.0. The molecule has 0 fully saturated rings. The zero-order valence-electron chi connectivity index (χ0n) is 38.0. The molecule has 0 N–H and O–H groups in total. The summed E-state index contributed by atoms with van der Waals surface area (Å²) in [6.07, 6.45) is 44.8. The summed E-state index contributed by atoms with van der Waals surface area (Å²) in [6, 6.07) is -0.724. The average Bonchev–Trinajstić information content (AvgIpc) is 3.17. The van der Waals surface area contributed by atoms with Crippen molar-refractivity contribution >= 4 is 17.9 Å². The highest BCUT2D eigenvalue weighted by Gasteiger charge is 2.25. The molecule has 0 rings (SSSR count). The maximum absolute atomic E-state index is 12.7. The van der Waals surface area contributed by atoms with Crippen LogP contribution in [0.5, 0.6) is 0 Å².